The minimum atomic E-state index is -3.66. The highest BCUT2D eigenvalue weighted by Gasteiger charge is 2.18. The second-order valence-electron chi connectivity index (χ2n) is 6.68. The summed E-state index contributed by atoms with van der Waals surface area (Å²) < 4.78 is 27.8. The Kier molecular flexibility index (Phi) is 7.41. The average molecular weight is 491 g/mol. The number of aromatic nitrogens is 2. The maximum absolute atomic E-state index is 12.3. The molecule has 2 aromatic carbocycles. The third-order valence-corrected chi connectivity index (χ3v) is 6.53. The number of H-pyrrole nitrogens is 1. The van der Waals surface area contributed by atoms with Crippen LogP contribution in [0.4, 0.5) is 0 Å². The van der Waals surface area contributed by atoms with Crippen LogP contribution in [0, 0.1) is 0 Å². The smallest absolute Gasteiger partial charge is 0.240 e. The van der Waals surface area contributed by atoms with Gasteiger partial charge in [0.15, 0.2) is 0 Å². The Bertz CT molecular complexity index is 1080. The number of imidazole rings is 1. The topological polar surface area (TPSA) is 104 Å². The fraction of sp³-hybridized carbons (Fsp3) is 0.238. The highest BCUT2D eigenvalue weighted by Crippen LogP contribution is 2.20. The molecular formula is C21H23BrN4O3S. The molecule has 0 radical (unpaired) electrons. The summed E-state index contributed by atoms with van der Waals surface area (Å²) in [7, 11) is -3.66. The second kappa shape index (κ2) is 10.0. The van der Waals surface area contributed by atoms with E-state index in [1.807, 2.05) is 37.3 Å². The molecule has 1 unspecified atom stereocenters. The summed E-state index contributed by atoms with van der Waals surface area (Å²) >= 11 is 3.27. The van der Waals surface area contributed by atoms with Gasteiger partial charge in [0.25, 0.3) is 0 Å². The van der Waals surface area contributed by atoms with Gasteiger partial charge in [0, 0.05) is 17.4 Å². The first-order chi connectivity index (χ1) is 14.4. The average Bonchev–Trinajstić information content (AvgIpc) is 3.23. The predicted octanol–water partition coefficient (Wildman–Crippen LogP) is 3.78. The minimum absolute atomic E-state index is 0.00802. The van der Waals surface area contributed by atoms with Crippen LogP contribution in [0.3, 0.4) is 0 Å². The summed E-state index contributed by atoms with van der Waals surface area (Å²) in [4.78, 5) is 20.1. The number of benzene rings is 2. The third-order valence-electron chi connectivity index (χ3n) is 4.52. The number of nitrogens with one attached hydrogen (secondary N) is 3. The van der Waals surface area contributed by atoms with Crippen molar-refractivity contribution in [2.45, 2.75) is 30.7 Å². The molecule has 1 amide bonds. The van der Waals surface area contributed by atoms with E-state index in [2.05, 4.69) is 35.9 Å². The zero-order chi connectivity index (χ0) is 21.6. The van der Waals surface area contributed by atoms with Gasteiger partial charge in [-0.3, -0.25) is 4.79 Å². The van der Waals surface area contributed by atoms with Crippen molar-refractivity contribution in [3.63, 3.8) is 0 Å². The normalized spacial score (nSPS) is 12.5. The lowest BCUT2D eigenvalue weighted by atomic mass is 10.2. The van der Waals surface area contributed by atoms with Gasteiger partial charge in [0.2, 0.25) is 15.9 Å². The molecule has 3 N–H and O–H groups in total. The Morgan fingerprint density at radius 1 is 1.13 bits per heavy atom. The van der Waals surface area contributed by atoms with Crippen molar-refractivity contribution in [3.8, 4) is 11.3 Å². The summed E-state index contributed by atoms with van der Waals surface area (Å²) in [6.45, 7) is 1.96. The number of sulfonamides is 1. The maximum Gasteiger partial charge on any atom is 0.240 e. The number of aromatic amines is 1. The lowest BCUT2D eigenvalue weighted by molar-refractivity contribution is -0.121. The Morgan fingerprint density at radius 3 is 2.50 bits per heavy atom. The second-order valence-corrected chi connectivity index (χ2v) is 9.36. The zero-order valence-electron chi connectivity index (χ0n) is 16.4. The fourth-order valence-electron chi connectivity index (χ4n) is 2.90. The van der Waals surface area contributed by atoms with Crippen molar-refractivity contribution in [2.24, 2.45) is 0 Å². The van der Waals surface area contributed by atoms with E-state index in [-0.39, 0.29) is 29.8 Å². The van der Waals surface area contributed by atoms with Crippen molar-refractivity contribution in [1.82, 2.24) is 20.0 Å². The number of amides is 1. The Morgan fingerprint density at radius 2 is 1.83 bits per heavy atom. The molecule has 1 heterocycles. The summed E-state index contributed by atoms with van der Waals surface area (Å²) in [6.07, 6.45) is 2.42. The number of nitrogens with zero attached hydrogens (tertiary/aromatic N) is 1. The number of hydrogen-bond acceptors (Lipinski definition) is 4. The molecule has 0 bridgehead atoms. The molecule has 158 valence electrons. The summed E-state index contributed by atoms with van der Waals surface area (Å²) in [6, 6.07) is 15.8. The van der Waals surface area contributed by atoms with Crippen molar-refractivity contribution in [1.29, 1.82) is 0 Å². The molecule has 0 spiro atoms. The largest absolute Gasteiger partial charge is 0.346 e. The van der Waals surface area contributed by atoms with Gasteiger partial charge in [-0.25, -0.2) is 18.1 Å². The van der Waals surface area contributed by atoms with Crippen LogP contribution in [0.2, 0.25) is 0 Å². The molecule has 9 heteroatoms. The monoisotopic (exact) mass is 490 g/mol. The molecule has 30 heavy (non-hydrogen) atoms. The molecule has 0 aliphatic carbocycles. The van der Waals surface area contributed by atoms with Crippen LogP contribution < -0.4 is 10.0 Å². The SMILES string of the molecule is CCC(NC(=O)CCNS(=O)(=O)c1ccc(Br)cc1)c1ncc(-c2ccccc2)[nH]1. The van der Waals surface area contributed by atoms with E-state index in [0.717, 1.165) is 15.7 Å². The van der Waals surface area contributed by atoms with E-state index < -0.39 is 10.0 Å². The standard InChI is InChI=1S/C21H23BrN4O3S/c1-2-18(21-23-14-19(26-21)15-6-4-3-5-7-15)25-20(27)12-13-24-30(28,29)17-10-8-16(22)9-11-17/h3-11,14,18,24H,2,12-13H2,1H3,(H,23,26)(H,25,27). The molecular weight excluding hydrogens is 468 g/mol. The van der Waals surface area contributed by atoms with Crippen LogP contribution in [-0.4, -0.2) is 30.8 Å². The molecule has 0 aliphatic rings. The minimum Gasteiger partial charge on any atom is -0.346 e. The maximum atomic E-state index is 12.3. The lowest BCUT2D eigenvalue weighted by Crippen LogP contribution is -2.33. The van der Waals surface area contributed by atoms with Crippen molar-refractivity contribution in [3.05, 3.63) is 71.1 Å². The predicted molar refractivity (Wildman–Crippen MR) is 119 cm³/mol. The van der Waals surface area contributed by atoms with Gasteiger partial charge in [-0.15, -0.1) is 0 Å². The summed E-state index contributed by atoms with van der Waals surface area (Å²) in [5.74, 6) is 0.415. The summed E-state index contributed by atoms with van der Waals surface area (Å²) in [5.41, 5.74) is 1.89. The Hall–Kier alpha value is -2.49. The molecule has 0 saturated heterocycles. The first kappa shape index (κ1) is 22.2. The first-order valence-corrected chi connectivity index (χ1v) is 11.8. The van der Waals surface area contributed by atoms with Crippen LogP contribution in [0.1, 0.15) is 31.6 Å². The number of carbonyl (C=O) groups is 1. The Balaban J connectivity index is 1.54. The molecule has 1 atom stereocenters. The van der Waals surface area contributed by atoms with E-state index in [4.69, 9.17) is 0 Å². The van der Waals surface area contributed by atoms with Crippen LogP contribution in [0.25, 0.3) is 11.3 Å². The van der Waals surface area contributed by atoms with E-state index >= 15 is 0 Å². The molecule has 0 saturated carbocycles. The molecule has 3 rings (SSSR count). The van der Waals surface area contributed by atoms with Gasteiger partial charge in [0.05, 0.1) is 22.8 Å². The highest BCUT2D eigenvalue weighted by molar-refractivity contribution is 9.10. The van der Waals surface area contributed by atoms with Crippen molar-refractivity contribution < 1.29 is 13.2 Å². The highest BCUT2D eigenvalue weighted by atomic mass is 79.9. The third kappa shape index (κ3) is 5.78. The fourth-order valence-corrected chi connectivity index (χ4v) is 4.20. The quantitative estimate of drug-likeness (QED) is 0.424. The van der Waals surface area contributed by atoms with E-state index in [1.54, 1.807) is 18.3 Å². The van der Waals surface area contributed by atoms with Gasteiger partial charge >= 0.3 is 0 Å². The molecule has 7 nitrogen and oxygen atoms in total. The van der Waals surface area contributed by atoms with E-state index in [9.17, 15) is 13.2 Å². The summed E-state index contributed by atoms with van der Waals surface area (Å²) in [5, 5.41) is 2.91. The molecule has 0 aliphatic heterocycles. The molecule has 0 fully saturated rings. The van der Waals surface area contributed by atoms with Crippen molar-refractivity contribution in [2.75, 3.05) is 6.54 Å². The van der Waals surface area contributed by atoms with Gasteiger partial charge < -0.3 is 10.3 Å². The zero-order valence-corrected chi connectivity index (χ0v) is 18.8. The van der Waals surface area contributed by atoms with Gasteiger partial charge in [-0.2, -0.15) is 0 Å². The van der Waals surface area contributed by atoms with Gasteiger partial charge in [-0.05, 0) is 36.2 Å². The number of hydrogen-bond donors (Lipinski definition) is 3. The molecule has 3 aromatic rings. The number of rotatable bonds is 9. The first-order valence-electron chi connectivity index (χ1n) is 9.54. The number of carbonyl (C=O) groups excluding carboxylic acids is 1. The van der Waals surface area contributed by atoms with Crippen LogP contribution >= 0.6 is 15.9 Å². The van der Waals surface area contributed by atoms with Crippen LogP contribution in [0.5, 0.6) is 0 Å². The van der Waals surface area contributed by atoms with Gasteiger partial charge in [-0.1, -0.05) is 53.2 Å². The van der Waals surface area contributed by atoms with E-state index in [1.165, 1.54) is 12.1 Å². The van der Waals surface area contributed by atoms with E-state index in [0.29, 0.717) is 12.2 Å². The van der Waals surface area contributed by atoms with Crippen LogP contribution in [0.15, 0.2) is 70.2 Å². The van der Waals surface area contributed by atoms with Crippen LogP contribution in [-0.2, 0) is 14.8 Å². The van der Waals surface area contributed by atoms with Crippen molar-refractivity contribution >= 4 is 31.9 Å². The van der Waals surface area contributed by atoms with Gasteiger partial charge in [0.1, 0.15) is 5.82 Å². The number of halogens is 1. The molecule has 1 aromatic heterocycles. The Labute approximate surface area is 184 Å². The lowest BCUT2D eigenvalue weighted by Gasteiger charge is -2.15.